The molecule has 0 amide bonds. The molecule has 1 saturated heterocycles. The number of hydrogen-bond acceptors (Lipinski definition) is 4. The summed E-state index contributed by atoms with van der Waals surface area (Å²) in [4.78, 5) is 6.90. The minimum atomic E-state index is 0.457. The number of hydrogen-bond donors (Lipinski definition) is 0. The number of ether oxygens (including phenoxy) is 1. The predicted molar refractivity (Wildman–Crippen MR) is 85.7 cm³/mol. The number of aromatic nitrogens is 1. The number of halogens is 1. The summed E-state index contributed by atoms with van der Waals surface area (Å²) < 4.78 is 5.78. The topological polar surface area (TPSA) is 25.4 Å². The van der Waals surface area contributed by atoms with E-state index in [9.17, 15) is 0 Å². The average molecular weight is 317 g/mol. The Labute approximate surface area is 131 Å². The number of aryl methyl sites for hydroxylation is 1. The van der Waals surface area contributed by atoms with Crippen LogP contribution in [0.2, 0.25) is 0 Å². The highest BCUT2D eigenvalue weighted by molar-refractivity contribution is 7.09. The van der Waals surface area contributed by atoms with Crippen LogP contribution in [0.4, 0.5) is 0 Å². The van der Waals surface area contributed by atoms with E-state index < -0.39 is 0 Å². The zero-order chi connectivity index (χ0) is 14.2. The van der Waals surface area contributed by atoms with Crippen LogP contribution in [-0.2, 0) is 17.0 Å². The lowest BCUT2D eigenvalue weighted by Crippen LogP contribution is -2.33. The van der Waals surface area contributed by atoms with E-state index in [0.29, 0.717) is 12.0 Å². The highest BCUT2D eigenvalue weighted by atomic mass is 35.5. The molecule has 1 unspecified atom stereocenters. The molecule has 1 aliphatic heterocycles. The van der Waals surface area contributed by atoms with E-state index in [1.165, 1.54) is 37.1 Å². The molecule has 1 aromatic rings. The van der Waals surface area contributed by atoms with Gasteiger partial charge in [-0.1, -0.05) is 0 Å². The van der Waals surface area contributed by atoms with Crippen LogP contribution >= 0.6 is 22.9 Å². The Bertz CT molecular complexity index is 380. The second-order valence-electron chi connectivity index (χ2n) is 5.57. The zero-order valence-electron chi connectivity index (χ0n) is 12.3. The van der Waals surface area contributed by atoms with Crippen LogP contribution in [0.25, 0.3) is 0 Å². The van der Waals surface area contributed by atoms with E-state index in [0.717, 1.165) is 31.8 Å². The third-order valence-corrected chi connectivity index (χ3v) is 4.94. The largest absolute Gasteiger partial charge is 0.377 e. The fourth-order valence-electron chi connectivity index (χ4n) is 2.57. The molecule has 20 heavy (non-hydrogen) atoms. The summed E-state index contributed by atoms with van der Waals surface area (Å²) in [5.74, 6) is 0.528. The third-order valence-electron chi connectivity index (χ3n) is 3.71. The fourth-order valence-corrected chi connectivity index (χ4v) is 3.64. The van der Waals surface area contributed by atoms with Crippen molar-refractivity contribution in [1.29, 1.82) is 0 Å². The van der Waals surface area contributed by atoms with Gasteiger partial charge in [0.1, 0.15) is 0 Å². The average Bonchev–Trinajstić information content (AvgIpc) is 2.93. The smallest absolute Gasteiger partial charge is 0.0928 e. The molecule has 1 aromatic heterocycles. The van der Waals surface area contributed by atoms with Crippen LogP contribution < -0.4 is 0 Å². The Hall–Kier alpha value is -0.160. The van der Waals surface area contributed by atoms with Crippen LogP contribution in [0.1, 0.15) is 42.8 Å². The molecule has 0 spiro atoms. The van der Waals surface area contributed by atoms with Crippen molar-refractivity contribution in [2.75, 3.05) is 26.7 Å². The number of likely N-dealkylation sites (N-methyl/N-ethyl adjacent to an activating group) is 1. The summed E-state index contributed by atoms with van der Waals surface area (Å²) in [6.07, 6.45) is 7.74. The lowest BCUT2D eigenvalue weighted by atomic mass is 10.1. The number of thiazole rings is 1. The molecule has 3 nitrogen and oxygen atoms in total. The Morgan fingerprint density at radius 2 is 2.35 bits per heavy atom. The summed E-state index contributed by atoms with van der Waals surface area (Å²) in [7, 11) is 2.20. The van der Waals surface area contributed by atoms with Crippen molar-refractivity contribution >= 4 is 22.9 Å². The first-order valence-electron chi connectivity index (χ1n) is 7.57. The molecule has 1 atom stereocenters. The maximum Gasteiger partial charge on any atom is 0.0928 e. The molecule has 1 aliphatic rings. The first-order valence-corrected chi connectivity index (χ1v) is 8.98. The maximum absolute atomic E-state index is 5.78. The monoisotopic (exact) mass is 316 g/mol. The van der Waals surface area contributed by atoms with Crippen molar-refractivity contribution in [1.82, 2.24) is 9.88 Å². The minimum Gasteiger partial charge on any atom is -0.377 e. The van der Waals surface area contributed by atoms with Crippen molar-refractivity contribution in [2.45, 2.75) is 50.5 Å². The number of unbranched alkanes of at least 4 members (excludes halogenated alkanes) is 1. The van der Waals surface area contributed by atoms with Gasteiger partial charge in [0, 0.05) is 18.5 Å². The van der Waals surface area contributed by atoms with E-state index in [-0.39, 0.29) is 0 Å². The van der Waals surface area contributed by atoms with E-state index in [1.807, 2.05) is 0 Å². The lowest BCUT2D eigenvalue weighted by Gasteiger charge is -2.27. The first-order chi connectivity index (χ1) is 9.78. The molecule has 2 heterocycles. The summed E-state index contributed by atoms with van der Waals surface area (Å²) >= 11 is 7.49. The van der Waals surface area contributed by atoms with Crippen LogP contribution in [0.15, 0.2) is 5.38 Å². The Morgan fingerprint density at radius 3 is 3.05 bits per heavy atom. The van der Waals surface area contributed by atoms with Crippen LogP contribution in [0.5, 0.6) is 0 Å². The van der Waals surface area contributed by atoms with E-state index in [2.05, 4.69) is 22.3 Å². The van der Waals surface area contributed by atoms with Crippen LogP contribution in [0.3, 0.4) is 0 Å². The predicted octanol–water partition coefficient (Wildman–Crippen LogP) is 3.71. The van der Waals surface area contributed by atoms with Crippen LogP contribution in [0, 0.1) is 0 Å². The fraction of sp³-hybridized carbons (Fsp3) is 0.800. The van der Waals surface area contributed by atoms with Gasteiger partial charge >= 0.3 is 0 Å². The van der Waals surface area contributed by atoms with Gasteiger partial charge in [0.25, 0.3) is 0 Å². The molecule has 0 N–H and O–H groups in total. The standard InChI is InChI=1S/C15H25ClN2OS/c1-18(11-14-6-3-5-9-19-14)8-4-2-7-15-17-13(10-16)12-20-15/h12,14H,2-11H2,1H3. The molecule has 0 radical (unpaired) electrons. The summed E-state index contributed by atoms with van der Waals surface area (Å²) in [5, 5.41) is 3.29. The molecular formula is C15H25ClN2OS. The molecule has 0 aromatic carbocycles. The van der Waals surface area contributed by atoms with Crippen molar-refractivity contribution in [3.8, 4) is 0 Å². The lowest BCUT2D eigenvalue weighted by molar-refractivity contribution is -0.00158. The summed E-state index contributed by atoms with van der Waals surface area (Å²) in [6.45, 7) is 3.17. The number of alkyl halides is 1. The molecule has 1 fully saturated rings. The van der Waals surface area contributed by atoms with Crippen molar-refractivity contribution in [3.05, 3.63) is 16.1 Å². The Balaban J connectivity index is 1.55. The summed E-state index contributed by atoms with van der Waals surface area (Å²) in [5.41, 5.74) is 1.01. The van der Waals surface area contributed by atoms with Gasteiger partial charge in [0.15, 0.2) is 0 Å². The first kappa shape index (κ1) is 16.2. The molecule has 2 rings (SSSR count). The van der Waals surface area contributed by atoms with Crippen molar-refractivity contribution in [3.63, 3.8) is 0 Å². The second-order valence-corrected chi connectivity index (χ2v) is 6.78. The molecule has 0 bridgehead atoms. The second kappa shape index (κ2) is 8.98. The molecule has 0 saturated carbocycles. The van der Waals surface area contributed by atoms with E-state index >= 15 is 0 Å². The summed E-state index contributed by atoms with van der Waals surface area (Å²) in [6, 6.07) is 0. The Morgan fingerprint density at radius 1 is 1.45 bits per heavy atom. The highest BCUT2D eigenvalue weighted by Gasteiger charge is 2.15. The normalized spacial score (nSPS) is 19.6. The SMILES string of the molecule is CN(CCCCc1nc(CCl)cs1)CC1CCCCO1. The van der Waals surface area contributed by atoms with Crippen molar-refractivity contribution < 1.29 is 4.74 Å². The van der Waals surface area contributed by atoms with Gasteiger partial charge in [-0.2, -0.15) is 0 Å². The number of rotatable bonds is 8. The van der Waals surface area contributed by atoms with Gasteiger partial charge in [-0.25, -0.2) is 4.98 Å². The quantitative estimate of drug-likeness (QED) is 0.540. The van der Waals surface area contributed by atoms with Gasteiger partial charge in [0.2, 0.25) is 0 Å². The van der Waals surface area contributed by atoms with Gasteiger partial charge in [0.05, 0.1) is 22.7 Å². The van der Waals surface area contributed by atoms with Gasteiger partial charge in [-0.15, -0.1) is 22.9 Å². The van der Waals surface area contributed by atoms with Gasteiger partial charge < -0.3 is 9.64 Å². The van der Waals surface area contributed by atoms with E-state index in [1.54, 1.807) is 11.3 Å². The van der Waals surface area contributed by atoms with Gasteiger partial charge in [-0.3, -0.25) is 0 Å². The van der Waals surface area contributed by atoms with Crippen LogP contribution in [-0.4, -0.2) is 42.7 Å². The highest BCUT2D eigenvalue weighted by Crippen LogP contribution is 2.15. The third kappa shape index (κ3) is 5.68. The molecular weight excluding hydrogens is 292 g/mol. The maximum atomic E-state index is 5.78. The van der Waals surface area contributed by atoms with E-state index in [4.69, 9.17) is 16.3 Å². The molecule has 114 valence electrons. The van der Waals surface area contributed by atoms with Crippen molar-refractivity contribution in [2.24, 2.45) is 0 Å². The molecule has 0 aliphatic carbocycles. The molecule has 5 heteroatoms. The minimum absolute atomic E-state index is 0.457. The zero-order valence-corrected chi connectivity index (χ0v) is 13.9. The van der Waals surface area contributed by atoms with Gasteiger partial charge in [-0.05, 0) is 52.1 Å². The number of nitrogens with zero attached hydrogens (tertiary/aromatic N) is 2. The Kier molecular flexibility index (Phi) is 7.28.